The van der Waals surface area contributed by atoms with Gasteiger partial charge in [-0.1, -0.05) is 23.9 Å². The van der Waals surface area contributed by atoms with E-state index in [2.05, 4.69) is 27.6 Å². The molecule has 0 atom stereocenters. The molecule has 0 saturated carbocycles. The number of nitrogens with zero attached hydrogens (tertiary/aromatic N) is 2. The molecule has 0 aliphatic heterocycles. The third-order valence-electron chi connectivity index (χ3n) is 4.13. The molecule has 3 aromatic rings. The Morgan fingerprint density at radius 1 is 1.25 bits per heavy atom. The summed E-state index contributed by atoms with van der Waals surface area (Å²) in [5, 5.41) is 11.2. The maximum atomic E-state index is 11.8. The SMILES string of the molecule is COc1ccc(CCCc2nnc(SCC(=O)NCc3ccco3)o2)cc1C. The second kappa shape index (κ2) is 9.98. The van der Waals surface area contributed by atoms with Gasteiger partial charge < -0.3 is 18.9 Å². The molecule has 148 valence electrons. The van der Waals surface area contributed by atoms with Crippen LogP contribution in [0.2, 0.25) is 0 Å². The van der Waals surface area contributed by atoms with Gasteiger partial charge in [0.1, 0.15) is 11.5 Å². The molecule has 2 heterocycles. The number of furan rings is 1. The van der Waals surface area contributed by atoms with Crippen LogP contribution in [0.3, 0.4) is 0 Å². The van der Waals surface area contributed by atoms with E-state index in [1.165, 1.54) is 17.3 Å². The number of benzene rings is 1. The lowest BCUT2D eigenvalue weighted by molar-refractivity contribution is -0.118. The van der Waals surface area contributed by atoms with Crippen molar-refractivity contribution in [1.29, 1.82) is 0 Å². The van der Waals surface area contributed by atoms with Gasteiger partial charge in [-0.2, -0.15) is 0 Å². The number of carbonyl (C=O) groups is 1. The van der Waals surface area contributed by atoms with Crippen molar-refractivity contribution in [2.75, 3.05) is 12.9 Å². The number of hydrogen-bond acceptors (Lipinski definition) is 7. The Morgan fingerprint density at radius 3 is 2.89 bits per heavy atom. The summed E-state index contributed by atoms with van der Waals surface area (Å²) >= 11 is 1.23. The molecule has 0 spiro atoms. The molecular formula is C20H23N3O4S. The van der Waals surface area contributed by atoms with Gasteiger partial charge in [-0.05, 0) is 49.1 Å². The van der Waals surface area contributed by atoms with Gasteiger partial charge in [0, 0.05) is 6.42 Å². The standard InChI is InChI=1S/C20H23N3O4S/c1-14-11-15(8-9-17(14)25-2)5-3-7-19-22-23-20(27-19)28-13-18(24)21-12-16-6-4-10-26-16/h4,6,8-11H,3,5,7,12-13H2,1-2H3,(H,21,24). The van der Waals surface area contributed by atoms with Crippen molar-refractivity contribution in [2.24, 2.45) is 0 Å². The molecule has 0 unspecified atom stereocenters. The molecule has 28 heavy (non-hydrogen) atoms. The zero-order valence-corrected chi connectivity index (χ0v) is 16.8. The van der Waals surface area contributed by atoms with Crippen LogP contribution in [0.5, 0.6) is 5.75 Å². The fraction of sp³-hybridized carbons (Fsp3) is 0.350. The number of nitrogens with one attached hydrogen (secondary N) is 1. The number of aryl methyl sites for hydroxylation is 3. The van der Waals surface area contributed by atoms with Crippen molar-refractivity contribution in [1.82, 2.24) is 15.5 Å². The largest absolute Gasteiger partial charge is 0.496 e. The number of aromatic nitrogens is 2. The van der Waals surface area contributed by atoms with Gasteiger partial charge in [-0.15, -0.1) is 10.2 Å². The lowest BCUT2D eigenvalue weighted by Gasteiger charge is -2.06. The van der Waals surface area contributed by atoms with E-state index < -0.39 is 0 Å². The van der Waals surface area contributed by atoms with Crippen molar-refractivity contribution in [3.8, 4) is 5.75 Å². The number of carbonyl (C=O) groups excluding carboxylic acids is 1. The molecule has 1 amide bonds. The second-order valence-corrected chi connectivity index (χ2v) is 7.19. The van der Waals surface area contributed by atoms with Crippen LogP contribution in [0.1, 0.15) is 29.2 Å². The van der Waals surface area contributed by atoms with Gasteiger partial charge in [-0.3, -0.25) is 4.79 Å². The Bertz CT molecular complexity index is 893. The smallest absolute Gasteiger partial charge is 0.277 e. The summed E-state index contributed by atoms with van der Waals surface area (Å²) in [5.74, 6) is 2.30. The van der Waals surface area contributed by atoms with Crippen molar-refractivity contribution in [2.45, 2.75) is 38.0 Å². The van der Waals surface area contributed by atoms with Gasteiger partial charge in [0.15, 0.2) is 0 Å². The van der Waals surface area contributed by atoms with E-state index in [0.29, 0.717) is 29.8 Å². The lowest BCUT2D eigenvalue weighted by atomic mass is 10.1. The van der Waals surface area contributed by atoms with E-state index in [0.717, 1.165) is 24.2 Å². The summed E-state index contributed by atoms with van der Waals surface area (Å²) in [6.45, 7) is 2.40. The van der Waals surface area contributed by atoms with Crippen LogP contribution in [0.15, 0.2) is 50.7 Å². The molecular weight excluding hydrogens is 378 g/mol. The molecule has 1 N–H and O–H groups in total. The van der Waals surface area contributed by atoms with Crippen molar-refractivity contribution < 1.29 is 18.4 Å². The molecule has 2 aromatic heterocycles. The summed E-state index contributed by atoms with van der Waals surface area (Å²) in [4.78, 5) is 11.8. The molecule has 0 fully saturated rings. The van der Waals surface area contributed by atoms with Gasteiger partial charge >= 0.3 is 0 Å². The Morgan fingerprint density at radius 2 is 2.14 bits per heavy atom. The van der Waals surface area contributed by atoms with Crippen LogP contribution < -0.4 is 10.1 Å². The topological polar surface area (TPSA) is 90.4 Å². The Hall–Kier alpha value is -2.74. The monoisotopic (exact) mass is 401 g/mol. The van der Waals surface area contributed by atoms with E-state index in [9.17, 15) is 4.79 Å². The van der Waals surface area contributed by atoms with E-state index in [4.69, 9.17) is 13.6 Å². The molecule has 1 aromatic carbocycles. The highest BCUT2D eigenvalue weighted by atomic mass is 32.2. The average molecular weight is 401 g/mol. The van der Waals surface area contributed by atoms with Crippen molar-refractivity contribution >= 4 is 17.7 Å². The first-order valence-electron chi connectivity index (χ1n) is 9.02. The number of amides is 1. The van der Waals surface area contributed by atoms with E-state index in [1.807, 2.05) is 19.1 Å². The van der Waals surface area contributed by atoms with Gasteiger partial charge in [0.2, 0.25) is 11.8 Å². The molecule has 8 heteroatoms. The minimum Gasteiger partial charge on any atom is -0.496 e. The molecule has 0 bridgehead atoms. The summed E-state index contributed by atoms with van der Waals surface area (Å²) in [7, 11) is 1.68. The molecule has 3 rings (SSSR count). The number of thioether (sulfide) groups is 1. The average Bonchev–Trinajstić information content (AvgIpc) is 3.37. The van der Waals surface area contributed by atoms with E-state index >= 15 is 0 Å². The predicted octanol–water partition coefficient (Wildman–Crippen LogP) is 3.56. The molecule has 0 saturated heterocycles. The van der Waals surface area contributed by atoms with Crippen molar-refractivity contribution in [3.05, 3.63) is 59.4 Å². The lowest BCUT2D eigenvalue weighted by Crippen LogP contribution is -2.24. The summed E-state index contributed by atoms with van der Waals surface area (Å²) < 4.78 is 16.1. The van der Waals surface area contributed by atoms with Crippen LogP contribution in [-0.4, -0.2) is 29.0 Å². The van der Waals surface area contributed by atoms with Crippen LogP contribution in [0.25, 0.3) is 0 Å². The third kappa shape index (κ3) is 5.88. The molecule has 7 nitrogen and oxygen atoms in total. The highest BCUT2D eigenvalue weighted by molar-refractivity contribution is 7.99. The summed E-state index contributed by atoms with van der Waals surface area (Å²) in [6.07, 6.45) is 4.10. The quantitative estimate of drug-likeness (QED) is 0.519. The summed E-state index contributed by atoms with van der Waals surface area (Å²) in [5.41, 5.74) is 2.38. The number of methoxy groups -OCH3 is 1. The zero-order valence-electron chi connectivity index (χ0n) is 15.9. The number of ether oxygens (including phenoxy) is 1. The van der Waals surface area contributed by atoms with Gasteiger partial charge in [-0.25, -0.2) is 0 Å². The van der Waals surface area contributed by atoms with Crippen LogP contribution >= 0.6 is 11.8 Å². The van der Waals surface area contributed by atoms with E-state index in [1.54, 1.807) is 19.4 Å². The Kier molecular flexibility index (Phi) is 7.13. The van der Waals surface area contributed by atoms with Crippen LogP contribution in [-0.2, 0) is 24.2 Å². The first-order valence-corrected chi connectivity index (χ1v) is 10.0. The maximum Gasteiger partial charge on any atom is 0.277 e. The van der Waals surface area contributed by atoms with Crippen molar-refractivity contribution in [3.63, 3.8) is 0 Å². The minimum absolute atomic E-state index is 0.115. The number of rotatable bonds is 10. The molecule has 0 aliphatic carbocycles. The normalized spacial score (nSPS) is 10.8. The van der Waals surface area contributed by atoms with Crippen LogP contribution in [0.4, 0.5) is 0 Å². The zero-order chi connectivity index (χ0) is 19.8. The molecule has 0 aliphatic rings. The van der Waals surface area contributed by atoms with Gasteiger partial charge in [0.05, 0.1) is 25.7 Å². The Balaban J connectivity index is 1.38. The van der Waals surface area contributed by atoms with Crippen LogP contribution in [0, 0.1) is 6.92 Å². The fourth-order valence-corrected chi connectivity index (χ4v) is 3.32. The van der Waals surface area contributed by atoms with E-state index in [-0.39, 0.29) is 11.7 Å². The minimum atomic E-state index is -0.115. The highest BCUT2D eigenvalue weighted by Gasteiger charge is 2.10. The Labute approximate surface area is 167 Å². The fourth-order valence-electron chi connectivity index (χ4n) is 2.71. The highest BCUT2D eigenvalue weighted by Crippen LogP contribution is 2.20. The van der Waals surface area contributed by atoms with Gasteiger partial charge in [0.25, 0.3) is 5.22 Å². The summed E-state index contributed by atoms with van der Waals surface area (Å²) in [6, 6.07) is 9.79. The second-order valence-electron chi connectivity index (χ2n) is 6.26. The maximum absolute atomic E-state index is 11.8. The first-order chi connectivity index (χ1) is 13.6. The predicted molar refractivity (Wildman–Crippen MR) is 105 cm³/mol. The third-order valence-corrected chi connectivity index (χ3v) is 4.95. The first kappa shape index (κ1) is 20.0. The number of hydrogen-bond donors (Lipinski definition) is 1. The molecule has 0 radical (unpaired) electrons.